The normalized spacial score (nSPS) is 13.2. The monoisotopic (exact) mass is 152 g/mol. The highest BCUT2D eigenvalue weighted by molar-refractivity contribution is 4.85. The zero-order valence-electron chi connectivity index (χ0n) is 7.30. The Morgan fingerprint density at radius 3 is 2.91 bits per heavy atom. The van der Waals surface area contributed by atoms with E-state index in [9.17, 15) is 0 Å². The number of allylic oxidation sites excluding steroid dienone is 2. The molecule has 2 nitrogen and oxygen atoms in total. The average molecular weight is 152 g/mol. The molecule has 0 bridgehead atoms. The van der Waals surface area contributed by atoms with E-state index in [1.165, 1.54) is 0 Å². The SMILES string of the molecule is C/C=C/CCCNC(C)C#N. The summed E-state index contributed by atoms with van der Waals surface area (Å²) in [5, 5.41) is 11.5. The van der Waals surface area contributed by atoms with Crippen molar-refractivity contribution < 1.29 is 0 Å². The Labute approximate surface area is 68.9 Å². The second-order valence-electron chi connectivity index (χ2n) is 2.52. The quantitative estimate of drug-likeness (QED) is 0.482. The Bertz CT molecular complexity index is 144. The highest BCUT2D eigenvalue weighted by Gasteiger charge is 1.94. The van der Waals surface area contributed by atoms with Gasteiger partial charge in [0.2, 0.25) is 0 Å². The predicted octanol–water partition coefficient (Wildman–Crippen LogP) is 1.84. The fraction of sp³-hybridized carbons (Fsp3) is 0.667. The van der Waals surface area contributed by atoms with Gasteiger partial charge in [0.15, 0.2) is 0 Å². The molecule has 0 fully saturated rings. The first-order valence-corrected chi connectivity index (χ1v) is 4.05. The summed E-state index contributed by atoms with van der Waals surface area (Å²) < 4.78 is 0. The van der Waals surface area contributed by atoms with Crippen LogP contribution in [0, 0.1) is 11.3 Å². The Morgan fingerprint density at radius 1 is 1.64 bits per heavy atom. The van der Waals surface area contributed by atoms with Crippen LogP contribution >= 0.6 is 0 Å². The van der Waals surface area contributed by atoms with Gasteiger partial charge in [0.25, 0.3) is 0 Å². The lowest BCUT2D eigenvalue weighted by atomic mass is 10.2. The van der Waals surface area contributed by atoms with E-state index in [1.54, 1.807) is 0 Å². The molecule has 0 aromatic carbocycles. The van der Waals surface area contributed by atoms with Gasteiger partial charge in [0.1, 0.15) is 0 Å². The topological polar surface area (TPSA) is 35.8 Å². The number of nitrogens with one attached hydrogen (secondary N) is 1. The third-order valence-corrected chi connectivity index (χ3v) is 1.43. The van der Waals surface area contributed by atoms with Gasteiger partial charge in [-0.3, -0.25) is 0 Å². The molecular formula is C9H16N2. The van der Waals surface area contributed by atoms with E-state index in [0.29, 0.717) is 0 Å². The fourth-order valence-corrected chi connectivity index (χ4v) is 0.751. The Balaban J connectivity index is 3.09. The molecule has 0 saturated carbocycles. The maximum absolute atomic E-state index is 8.41. The van der Waals surface area contributed by atoms with Gasteiger partial charge in [-0.1, -0.05) is 12.2 Å². The maximum atomic E-state index is 8.41. The van der Waals surface area contributed by atoms with E-state index in [4.69, 9.17) is 5.26 Å². The van der Waals surface area contributed by atoms with Gasteiger partial charge >= 0.3 is 0 Å². The predicted molar refractivity (Wildman–Crippen MR) is 47.1 cm³/mol. The van der Waals surface area contributed by atoms with Crippen LogP contribution in [0.3, 0.4) is 0 Å². The first kappa shape index (κ1) is 10.2. The number of nitriles is 1. The van der Waals surface area contributed by atoms with Gasteiger partial charge in [-0.05, 0) is 33.2 Å². The number of hydrogen-bond acceptors (Lipinski definition) is 2. The Kier molecular flexibility index (Phi) is 6.76. The second-order valence-corrected chi connectivity index (χ2v) is 2.52. The molecule has 0 spiro atoms. The van der Waals surface area contributed by atoms with E-state index < -0.39 is 0 Å². The van der Waals surface area contributed by atoms with Gasteiger partial charge < -0.3 is 5.32 Å². The summed E-state index contributed by atoms with van der Waals surface area (Å²) in [6, 6.07) is 2.11. The molecule has 0 heterocycles. The molecule has 11 heavy (non-hydrogen) atoms. The third kappa shape index (κ3) is 7.08. The molecule has 1 N–H and O–H groups in total. The molecule has 1 atom stereocenters. The minimum atomic E-state index is -0.0133. The van der Waals surface area contributed by atoms with Crippen LogP contribution in [0.25, 0.3) is 0 Å². The van der Waals surface area contributed by atoms with Gasteiger partial charge in [-0.2, -0.15) is 5.26 Å². The summed E-state index contributed by atoms with van der Waals surface area (Å²) in [6.45, 7) is 4.82. The molecule has 62 valence electrons. The zero-order valence-corrected chi connectivity index (χ0v) is 7.30. The number of unbranched alkanes of at least 4 members (excludes halogenated alkanes) is 1. The summed E-state index contributed by atoms with van der Waals surface area (Å²) in [7, 11) is 0. The summed E-state index contributed by atoms with van der Waals surface area (Å²) in [5.74, 6) is 0. The molecule has 0 rings (SSSR count). The van der Waals surface area contributed by atoms with E-state index in [2.05, 4.69) is 17.5 Å². The van der Waals surface area contributed by atoms with E-state index >= 15 is 0 Å². The van der Waals surface area contributed by atoms with Gasteiger partial charge in [0, 0.05) is 0 Å². The minimum Gasteiger partial charge on any atom is -0.302 e. The average Bonchev–Trinajstić information content (AvgIpc) is 2.04. The van der Waals surface area contributed by atoms with Crippen LogP contribution in [0.5, 0.6) is 0 Å². The molecular weight excluding hydrogens is 136 g/mol. The molecule has 0 aliphatic heterocycles. The Hall–Kier alpha value is -0.810. The van der Waals surface area contributed by atoms with Crippen LogP contribution in [0.1, 0.15) is 26.7 Å². The number of hydrogen-bond donors (Lipinski definition) is 1. The first-order valence-electron chi connectivity index (χ1n) is 4.05. The summed E-state index contributed by atoms with van der Waals surface area (Å²) in [6.07, 6.45) is 6.39. The number of nitrogens with zero attached hydrogens (tertiary/aromatic N) is 1. The largest absolute Gasteiger partial charge is 0.302 e. The van der Waals surface area contributed by atoms with Crippen molar-refractivity contribution in [3.05, 3.63) is 12.2 Å². The van der Waals surface area contributed by atoms with Gasteiger partial charge in [0.05, 0.1) is 12.1 Å². The van der Waals surface area contributed by atoms with Crippen LogP contribution < -0.4 is 5.32 Å². The van der Waals surface area contributed by atoms with E-state index in [1.807, 2.05) is 19.9 Å². The Morgan fingerprint density at radius 2 is 2.36 bits per heavy atom. The standard InChI is InChI=1S/C9H16N2/c1-3-4-5-6-7-11-9(2)8-10/h3-4,9,11H,5-7H2,1-2H3/b4-3+. The van der Waals surface area contributed by atoms with Crippen LogP contribution in [0.15, 0.2) is 12.2 Å². The van der Waals surface area contributed by atoms with Crippen LogP contribution in [0.2, 0.25) is 0 Å². The maximum Gasteiger partial charge on any atom is 0.0924 e. The smallest absolute Gasteiger partial charge is 0.0924 e. The van der Waals surface area contributed by atoms with Crippen molar-refractivity contribution in [3.8, 4) is 6.07 Å². The zero-order chi connectivity index (χ0) is 8.53. The van der Waals surface area contributed by atoms with Crippen molar-refractivity contribution in [2.75, 3.05) is 6.54 Å². The molecule has 0 radical (unpaired) electrons. The summed E-state index contributed by atoms with van der Waals surface area (Å²) in [4.78, 5) is 0. The third-order valence-electron chi connectivity index (χ3n) is 1.43. The molecule has 0 saturated heterocycles. The number of rotatable bonds is 5. The van der Waals surface area contributed by atoms with Crippen LogP contribution in [-0.4, -0.2) is 12.6 Å². The highest BCUT2D eigenvalue weighted by Crippen LogP contribution is 1.89. The molecule has 0 aliphatic carbocycles. The lowest BCUT2D eigenvalue weighted by Crippen LogP contribution is -2.24. The fourth-order valence-electron chi connectivity index (χ4n) is 0.751. The lowest BCUT2D eigenvalue weighted by molar-refractivity contribution is 0.617. The van der Waals surface area contributed by atoms with Crippen molar-refractivity contribution in [1.29, 1.82) is 5.26 Å². The minimum absolute atomic E-state index is 0.0133. The molecule has 0 aromatic heterocycles. The molecule has 0 amide bonds. The van der Waals surface area contributed by atoms with Gasteiger partial charge in [-0.15, -0.1) is 0 Å². The summed E-state index contributed by atoms with van der Waals surface area (Å²) >= 11 is 0. The van der Waals surface area contributed by atoms with Crippen molar-refractivity contribution >= 4 is 0 Å². The van der Waals surface area contributed by atoms with Crippen molar-refractivity contribution in [2.45, 2.75) is 32.7 Å². The molecule has 0 aliphatic rings. The van der Waals surface area contributed by atoms with Crippen molar-refractivity contribution in [3.63, 3.8) is 0 Å². The van der Waals surface area contributed by atoms with E-state index in [-0.39, 0.29) is 6.04 Å². The van der Waals surface area contributed by atoms with E-state index in [0.717, 1.165) is 19.4 Å². The first-order chi connectivity index (χ1) is 5.31. The molecule has 0 aromatic rings. The highest BCUT2D eigenvalue weighted by atomic mass is 14.9. The van der Waals surface area contributed by atoms with Crippen molar-refractivity contribution in [2.24, 2.45) is 0 Å². The molecule has 2 heteroatoms. The lowest BCUT2D eigenvalue weighted by Gasteiger charge is -2.03. The second kappa shape index (κ2) is 7.30. The van der Waals surface area contributed by atoms with Gasteiger partial charge in [-0.25, -0.2) is 0 Å². The van der Waals surface area contributed by atoms with Crippen molar-refractivity contribution in [1.82, 2.24) is 5.32 Å². The summed E-state index contributed by atoms with van der Waals surface area (Å²) in [5.41, 5.74) is 0. The van der Waals surface area contributed by atoms with Crippen LogP contribution in [0.4, 0.5) is 0 Å². The molecule has 1 unspecified atom stereocenters. The van der Waals surface area contributed by atoms with Crippen LogP contribution in [-0.2, 0) is 0 Å².